The number of nitrogens with zero attached hydrogens (tertiary/aromatic N) is 1. The average molecular weight is 248 g/mol. The summed E-state index contributed by atoms with van der Waals surface area (Å²) in [6, 6.07) is 11.7. The first kappa shape index (κ1) is 12.0. The number of halogens is 1. The van der Waals surface area contributed by atoms with Crippen LogP contribution in [0.25, 0.3) is 0 Å². The van der Waals surface area contributed by atoms with E-state index in [2.05, 4.69) is 10.4 Å². The number of pyridine rings is 1. The molecule has 2 aromatic rings. The van der Waals surface area contributed by atoms with Gasteiger partial charge in [-0.3, -0.25) is 16.3 Å². The monoisotopic (exact) mass is 247 g/mol. The van der Waals surface area contributed by atoms with E-state index in [0.29, 0.717) is 0 Å². The zero-order valence-electron chi connectivity index (χ0n) is 9.31. The number of nitrogens with two attached hydrogens (primary N) is 1. The second-order valence-electron chi connectivity index (χ2n) is 3.84. The Morgan fingerprint density at radius 2 is 2.00 bits per heavy atom. The Hall–Kier alpha value is -1.42. The van der Waals surface area contributed by atoms with Crippen molar-refractivity contribution in [2.75, 3.05) is 0 Å². The molecule has 1 heterocycles. The molecule has 1 unspecified atom stereocenters. The first-order chi connectivity index (χ1) is 8.29. The standard InChI is InChI=1S/C13H14ClN3/c14-12-5-3-10(4-6-12)8-13(17-15)11-2-1-7-16-9-11/h1-7,9,13,17H,8,15H2. The van der Waals surface area contributed by atoms with E-state index in [-0.39, 0.29) is 6.04 Å². The fourth-order valence-corrected chi connectivity index (χ4v) is 1.84. The smallest absolute Gasteiger partial charge is 0.0515 e. The molecule has 0 aliphatic heterocycles. The Morgan fingerprint density at radius 1 is 1.24 bits per heavy atom. The summed E-state index contributed by atoms with van der Waals surface area (Å²) >= 11 is 5.85. The number of rotatable bonds is 4. The molecule has 3 N–H and O–H groups in total. The van der Waals surface area contributed by atoms with Gasteiger partial charge in [0, 0.05) is 17.4 Å². The van der Waals surface area contributed by atoms with Crippen molar-refractivity contribution < 1.29 is 0 Å². The van der Waals surface area contributed by atoms with Gasteiger partial charge in [-0.1, -0.05) is 29.8 Å². The summed E-state index contributed by atoms with van der Waals surface area (Å²) in [5.74, 6) is 5.58. The molecule has 2 rings (SSSR count). The molecule has 0 saturated heterocycles. The molecule has 4 heteroatoms. The van der Waals surface area contributed by atoms with Gasteiger partial charge in [-0.25, -0.2) is 0 Å². The van der Waals surface area contributed by atoms with Crippen LogP contribution in [0.3, 0.4) is 0 Å². The molecule has 1 aromatic carbocycles. The van der Waals surface area contributed by atoms with E-state index < -0.39 is 0 Å². The van der Waals surface area contributed by atoms with Gasteiger partial charge >= 0.3 is 0 Å². The van der Waals surface area contributed by atoms with Crippen LogP contribution in [0, 0.1) is 0 Å². The highest BCUT2D eigenvalue weighted by atomic mass is 35.5. The molecule has 0 saturated carbocycles. The van der Waals surface area contributed by atoms with Crippen molar-refractivity contribution >= 4 is 11.6 Å². The molecule has 1 atom stereocenters. The molecule has 0 aliphatic carbocycles. The van der Waals surface area contributed by atoms with Crippen molar-refractivity contribution in [3.8, 4) is 0 Å². The van der Waals surface area contributed by atoms with E-state index >= 15 is 0 Å². The molecule has 0 bridgehead atoms. The van der Waals surface area contributed by atoms with Crippen LogP contribution >= 0.6 is 11.6 Å². The minimum Gasteiger partial charge on any atom is -0.271 e. The number of hydrogen-bond acceptors (Lipinski definition) is 3. The van der Waals surface area contributed by atoms with Crippen molar-refractivity contribution in [3.05, 3.63) is 64.9 Å². The number of aromatic nitrogens is 1. The highest BCUT2D eigenvalue weighted by molar-refractivity contribution is 6.30. The van der Waals surface area contributed by atoms with Crippen LogP contribution in [0.5, 0.6) is 0 Å². The average Bonchev–Trinajstić information content (AvgIpc) is 2.39. The van der Waals surface area contributed by atoms with E-state index in [1.165, 1.54) is 5.56 Å². The zero-order valence-corrected chi connectivity index (χ0v) is 10.1. The van der Waals surface area contributed by atoms with E-state index in [4.69, 9.17) is 17.4 Å². The van der Waals surface area contributed by atoms with Gasteiger partial charge in [-0.05, 0) is 35.7 Å². The molecule has 1 aromatic heterocycles. The molecular formula is C13H14ClN3. The van der Waals surface area contributed by atoms with Gasteiger partial charge in [-0.2, -0.15) is 0 Å². The van der Waals surface area contributed by atoms with Crippen LogP contribution in [0.4, 0.5) is 0 Å². The first-order valence-electron chi connectivity index (χ1n) is 5.40. The van der Waals surface area contributed by atoms with Crippen molar-refractivity contribution in [3.63, 3.8) is 0 Å². The van der Waals surface area contributed by atoms with E-state index in [9.17, 15) is 0 Å². The summed E-state index contributed by atoms with van der Waals surface area (Å²) in [6.45, 7) is 0. The van der Waals surface area contributed by atoms with Crippen LogP contribution in [-0.2, 0) is 6.42 Å². The minimum absolute atomic E-state index is 0.0601. The van der Waals surface area contributed by atoms with Gasteiger partial charge in [0.15, 0.2) is 0 Å². The fourth-order valence-electron chi connectivity index (χ4n) is 1.71. The van der Waals surface area contributed by atoms with Crippen molar-refractivity contribution in [2.24, 2.45) is 5.84 Å². The lowest BCUT2D eigenvalue weighted by atomic mass is 10.0. The maximum absolute atomic E-state index is 5.85. The quantitative estimate of drug-likeness (QED) is 0.645. The van der Waals surface area contributed by atoms with Crippen molar-refractivity contribution in [1.29, 1.82) is 0 Å². The minimum atomic E-state index is 0.0601. The van der Waals surface area contributed by atoms with Crippen molar-refractivity contribution in [2.45, 2.75) is 12.5 Å². The number of hydrogen-bond donors (Lipinski definition) is 2. The van der Waals surface area contributed by atoms with Crippen LogP contribution in [0.15, 0.2) is 48.8 Å². The maximum Gasteiger partial charge on any atom is 0.0515 e. The van der Waals surface area contributed by atoms with Crippen LogP contribution in [0.2, 0.25) is 5.02 Å². The summed E-state index contributed by atoms with van der Waals surface area (Å²) < 4.78 is 0. The third kappa shape index (κ3) is 3.27. The van der Waals surface area contributed by atoms with Gasteiger partial charge in [0.2, 0.25) is 0 Å². The second-order valence-corrected chi connectivity index (χ2v) is 4.27. The molecule has 17 heavy (non-hydrogen) atoms. The number of nitrogens with one attached hydrogen (secondary N) is 1. The summed E-state index contributed by atoms with van der Waals surface area (Å²) in [5, 5.41) is 0.743. The molecule has 88 valence electrons. The zero-order chi connectivity index (χ0) is 12.1. The number of benzene rings is 1. The lowest BCUT2D eigenvalue weighted by Gasteiger charge is -2.15. The van der Waals surface area contributed by atoms with Crippen molar-refractivity contribution in [1.82, 2.24) is 10.4 Å². The largest absolute Gasteiger partial charge is 0.271 e. The van der Waals surface area contributed by atoms with Gasteiger partial charge in [0.25, 0.3) is 0 Å². The van der Waals surface area contributed by atoms with E-state index in [0.717, 1.165) is 17.0 Å². The molecule has 0 aliphatic rings. The first-order valence-corrected chi connectivity index (χ1v) is 5.78. The fraction of sp³-hybridized carbons (Fsp3) is 0.154. The summed E-state index contributed by atoms with van der Waals surface area (Å²) in [5.41, 5.74) is 5.06. The van der Waals surface area contributed by atoms with Crippen LogP contribution in [0.1, 0.15) is 17.2 Å². The van der Waals surface area contributed by atoms with E-state index in [1.807, 2.05) is 42.6 Å². The van der Waals surface area contributed by atoms with Crippen LogP contribution in [-0.4, -0.2) is 4.98 Å². The molecule has 0 amide bonds. The molecule has 0 spiro atoms. The Labute approximate surface area is 106 Å². The third-order valence-corrected chi connectivity index (χ3v) is 2.89. The predicted octanol–water partition coefficient (Wildman–Crippen LogP) is 2.48. The Morgan fingerprint density at radius 3 is 2.59 bits per heavy atom. The topological polar surface area (TPSA) is 50.9 Å². The molecule has 0 radical (unpaired) electrons. The van der Waals surface area contributed by atoms with Gasteiger partial charge in [0.1, 0.15) is 0 Å². The van der Waals surface area contributed by atoms with Crippen LogP contribution < -0.4 is 11.3 Å². The third-order valence-electron chi connectivity index (χ3n) is 2.64. The summed E-state index contributed by atoms with van der Waals surface area (Å²) in [6.07, 6.45) is 4.37. The Bertz CT molecular complexity index is 456. The maximum atomic E-state index is 5.85. The summed E-state index contributed by atoms with van der Waals surface area (Å²) in [4.78, 5) is 4.09. The lowest BCUT2D eigenvalue weighted by Crippen LogP contribution is -2.29. The highest BCUT2D eigenvalue weighted by Gasteiger charge is 2.10. The normalized spacial score (nSPS) is 12.4. The lowest BCUT2D eigenvalue weighted by molar-refractivity contribution is 0.550. The Balaban J connectivity index is 2.13. The van der Waals surface area contributed by atoms with Gasteiger partial charge in [-0.15, -0.1) is 0 Å². The molecule has 0 fully saturated rings. The van der Waals surface area contributed by atoms with Gasteiger partial charge < -0.3 is 0 Å². The Kier molecular flexibility index (Phi) is 4.09. The molecular weight excluding hydrogens is 234 g/mol. The highest BCUT2D eigenvalue weighted by Crippen LogP contribution is 2.18. The van der Waals surface area contributed by atoms with Gasteiger partial charge in [0.05, 0.1) is 6.04 Å². The molecule has 3 nitrogen and oxygen atoms in total. The second kappa shape index (κ2) is 5.77. The summed E-state index contributed by atoms with van der Waals surface area (Å²) in [7, 11) is 0. The van der Waals surface area contributed by atoms with E-state index in [1.54, 1.807) is 6.20 Å². The predicted molar refractivity (Wildman–Crippen MR) is 69.5 cm³/mol. The number of hydrazine groups is 1. The SMILES string of the molecule is NNC(Cc1ccc(Cl)cc1)c1cccnc1.